The summed E-state index contributed by atoms with van der Waals surface area (Å²) in [7, 11) is 1.60. The lowest BCUT2D eigenvalue weighted by Crippen LogP contribution is -2.29. The number of hydrogen-bond donors (Lipinski definition) is 2. The molecule has 1 aromatic carbocycles. The molecule has 19 heavy (non-hydrogen) atoms. The molecule has 0 saturated carbocycles. The number of ether oxygens (including phenoxy) is 1. The van der Waals surface area contributed by atoms with E-state index < -0.39 is 0 Å². The van der Waals surface area contributed by atoms with Crippen molar-refractivity contribution in [2.75, 3.05) is 20.3 Å². The quantitative estimate of drug-likeness (QED) is 0.827. The first-order valence-corrected chi connectivity index (χ1v) is 6.95. The lowest BCUT2D eigenvalue weighted by Gasteiger charge is -2.24. The third kappa shape index (κ3) is 3.61. The van der Waals surface area contributed by atoms with Crippen LogP contribution in [0.4, 0.5) is 0 Å². The highest BCUT2D eigenvalue weighted by Gasteiger charge is 2.24. The Hall–Kier alpha value is -1.26. The fraction of sp³-hybridized carbons (Fsp3) is 0.600. The van der Waals surface area contributed by atoms with Crippen LogP contribution in [-0.4, -0.2) is 41.4 Å². The number of aromatic hydroxyl groups is 1. The van der Waals surface area contributed by atoms with Gasteiger partial charge < -0.3 is 14.9 Å². The Morgan fingerprint density at radius 3 is 2.95 bits per heavy atom. The number of phenolic OH excluding ortho intramolecular Hbond substituents is 1. The van der Waals surface area contributed by atoms with Gasteiger partial charge in [-0.15, -0.1) is 0 Å². The molecule has 1 aliphatic rings. The molecule has 4 nitrogen and oxygen atoms in total. The molecular weight excluding hydrogens is 242 g/mol. The second-order valence-electron chi connectivity index (χ2n) is 5.13. The van der Waals surface area contributed by atoms with Crippen molar-refractivity contribution in [3.63, 3.8) is 0 Å². The number of aliphatic hydroxyl groups is 1. The van der Waals surface area contributed by atoms with E-state index >= 15 is 0 Å². The van der Waals surface area contributed by atoms with Crippen molar-refractivity contribution in [1.82, 2.24) is 4.90 Å². The molecule has 1 aliphatic heterocycles. The van der Waals surface area contributed by atoms with E-state index in [0.717, 1.165) is 31.5 Å². The minimum absolute atomic E-state index is 0.262. The maximum absolute atomic E-state index is 10.00. The summed E-state index contributed by atoms with van der Waals surface area (Å²) in [4.78, 5) is 2.40. The number of hydrogen-bond acceptors (Lipinski definition) is 4. The van der Waals surface area contributed by atoms with Gasteiger partial charge in [0.25, 0.3) is 0 Å². The van der Waals surface area contributed by atoms with Gasteiger partial charge in [-0.3, -0.25) is 4.90 Å². The topological polar surface area (TPSA) is 52.9 Å². The van der Waals surface area contributed by atoms with Gasteiger partial charge in [-0.05, 0) is 38.3 Å². The van der Waals surface area contributed by atoms with Crippen LogP contribution in [0.15, 0.2) is 18.2 Å². The molecule has 1 unspecified atom stereocenters. The van der Waals surface area contributed by atoms with E-state index in [4.69, 9.17) is 9.84 Å². The highest BCUT2D eigenvalue weighted by molar-refractivity contribution is 5.39. The van der Waals surface area contributed by atoms with Gasteiger partial charge in [-0.25, -0.2) is 0 Å². The van der Waals surface area contributed by atoms with Gasteiger partial charge in [0.2, 0.25) is 0 Å². The predicted molar refractivity (Wildman–Crippen MR) is 74.4 cm³/mol. The Bertz CT molecular complexity index is 408. The molecule has 1 heterocycles. The highest BCUT2D eigenvalue weighted by Crippen LogP contribution is 2.28. The molecule has 106 valence electrons. The first-order chi connectivity index (χ1) is 9.24. The fourth-order valence-electron chi connectivity index (χ4n) is 2.78. The number of benzene rings is 1. The van der Waals surface area contributed by atoms with Crippen LogP contribution in [0, 0.1) is 0 Å². The number of aliphatic hydroxyl groups excluding tert-OH is 1. The Kier molecular flexibility index (Phi) is 5.05. The molecule has 0 radical (unpaired) electrons. The maximum atomic E-state index is 10.00. The van der Waals surface area contributed by atoms with Crippen LogP contribution in [0.3, 0.4) is 0 Å². The summed E-state index contributed by atoms with van der Waals surface area (Å²) in [5.74, 6) is 0.978. The van der Waals surface area contributed by atoms with Gasteiger partial charge in [-0.1, -0.05) is 6.07 Å². The standard InChI is InChI=1S/C15H23NO3/c1-19-14-7-6-12(15(18)10-14)11-16-8-2-4-13(16)5-3-9-17/h6-7,10,13,17-18H,2-5,8-9,11H2,1H3. The molecule has 2 rings (SSSR count). The van der Waals surface area contributed by atoms with E-state index in [-0.39, 0.29) is 6.61 Å². The van der Waals surface area contributed by atoms with E-state index in [2.05, 4.69) is 4.90 Å². The molecule has 1 fully saturated rings. The summed E-state index contributed by atoms with van der Waals surface area (Å²) in [5, 5.41) is 18.9. The molecule has 0 aliphatic carbocycles. The van der Waals surface area contributed by atoms with Crippen LogP contribution in [0.5, 0.6) is 11.5 Å². The number of phenols is 1. The van der Waals surface area contributed by atoms with Crippen LogP contribution < -0.4 is 4.74 Å². The van der Waals surface area contributed by atoms with Gasteiger partial charge in [0.05, 0.1) is 7.11 Å². The van der Waals surface area contributed by atoms with Gasteiger partial charge in [0.1, 0.15) is 11.5 Å². The molecule has 0 spiro atoms. The summed E-state index contributed by atoms with van der Waals surface area (Å²) in [6, 6.07) is 6.01. The van der Waals surface area contributed by atoms with Crippen LogP contribution >= 0.6 is 0 Å². The largest absolute Gasteiger partial charge is 0.507 e. The van der Waals surface area contributed by atoms with Crippen LogP contribution in [-0.2, 0) is 6.54 Å². The molecule has 1 aromatic rings. The molecule has 4 heteroatoms. The minimum atomic E-state index is 0.262. The van der Waals surface area contributed by atoms with Crippen LogP contribution in [0.2, 0.25) is 0 Å². The first-order valence-electron chi connectivity index (χ1n) is 6.95. The van der Waals surface area contributed by atoms with E-state index in [1.54, 1.807) is 13.2 Å². The Morgan fingerprint density at radius 2 is 2.26 bits per heavy atom. The molecule has 2 N–H and O–H groups in total. The van der Waals surface area contributed by atoms with Gasteiger partial charge >= 0.3 is 0 Å². The molecule has 0 bridgehead atoms. The van der Waals surface area contributed by atoms with Crippen molar-refractivity contribution in [3.05, 3.63) is 23.8 Å². The highest BCUT2D eigenvalue weighted by atomic mass is 16.5. The third-order valence-electron chi connectivity index (χ3n) is 3.86. The lowest BCUT2D eigenvalue weighted by atomic mass is 10.1. The molecular formula is C15H23NO3. The summed E-state index contributed by atoms with van der Waals surface area (Å²) in [6.07, 6.45) is 4.28. The SMILES string of the molecule is COc1ccc(CN2CCCC2CCCO)c(O)c1. The summed E-state index contributed by atoms with van der Waals surface area (Å²) < 4.78 is 5.09. The zero-order chi connectivity index (χ0) is 13.7. The van der Waals surface area contributed by atoms with E-state index in [9.17, 15) is 5.11 Å². The summed E-state index contributed by atoms with van der Waals surface area (Å²) >= 11 is 0. The smallest absolute Gasteiger partial charge is 0.123 e. The minimum Gasteiger partial charge on any atom is -0.507 e. The number of methoxy groups -OCH3 is 1. The summed E-state index contributed by atoms with van der Waals surface area (Å²) in [6.45, 7) is 2.10. The van der Waals surface area contributed by atoms with E-state index in [1.165, 1.54) is 12.8 Å². The van der Waals surface area contributed by atoms with Gasteiger partial charge in [0.15, 0.2) is 0 Å². The molecule has 1 atom stereocenters. The number of rotatable bonds is 6. The molecule has 1 saturated heterocycles. The predicted octanol–water partition coefficient (Wildman–Crippen LogP) is 2.14. The monoisotopic (exact) mass is 265 g/mol. The van der Waals surface area contributed by atoms with E-state index in [0.29, 0.717) is 17.5 Å². The van der Waals surface area contributed by atoms with Crippen molar-refractivity contribution in [2.45, 2.75) is 38.3 Å². The number of likely N-dealkylation sites (tertiary alicyclic amines) is 1. The van der Waals surface area contributed by atoms with Gasteiger partial charge in [0, 0.05) is 30.8 Å². The zero-order valence-corrected chi connectivity index (χ0v) is 11.5. The van der Waals surface area contributed by atoms with Crippen molar-refractivity contribution in [3.8, 4) is 11.5 Å². The third-order valence-corrected chi connectivity index (χ3v) is 3.86. The van der Waals surface area contributed by atoms with Crippen LogP contribution in [0.1, 0.15) is 31.2 Å². The Labute approximate surface area is 114 Å². The summed E-state index contributed by atoms with van der Waals surface area (Å²) in [5.41, 5.74) is 0.941. The lowest BCUT2D eigenvalue weighted by molar-refractivity contribution is 0.208. The van der Waals surface area contributed by atoms with Gasteiger partial charge in [-0.2, -0.15) is 0 Å². The molecule has 0 aromatic heterocycles. The molecule has 0 amide bonds. The maximum Gasteiger partial charge on any atom is 0.123 e. The van der Waals surface area contributed by atoms with Crippen molar-refractivity contribution in [1.29, 1.82) is 0 Å². The first kappa shape index (κ1) is 14.2. The average molecular weight is 265 g/mol. The second-order valence-corrected chi connectivity index (χ2v) is 5.13. The Balaban J connectivity index is 1.99. The average Bonchev–Trinajstić information content (AvgIpc) is 2.86. The Morgan fingerprint density at radius 1 is 1.42 bits per heavy atom. The zero-order valence-electron chi connectivity index (χ0n) is 11.5. The number of nitrogens with zero attached hydrogens (tertiary/aromatic N) is 1. The van der Waals surface area contributed by atoms with Crippen LogP contribution in [0.25, 0.3) is 0 Å². The fourth-order valence-corrected chi connectivity index (χ4v) is 2.78. The van der Waals surface area contributed by atoms with E-state index in [1.807, 2.05) is 12.1 Å². The second kappa shape index (κ2) is 6.78. The van der Waals surface area contributed by atoms with Crippen molar-refractivity contribution in [2.24, 2.45) is 0 Å². The normalized spacial score (nSPS) is 19.8. The van der Waals surface area contributed by atoms with Crippen molar-refractivity contribution < 1.29 is 14.9 Å². The van der Waals surface area contributed by atoms with Crippen molar-refractivity contribution >= 4 is 0 Å².